The lowest BCUT2D eigenvalue weighted by molar-refractivity contribution is -0.386. The van der Waals surface area contributed by atoms with Crippen molar-refractivity contribution < 1.29 is 14.8 Å². The molecule has 2 atom stereocenters. The molecule has 1 aromatic heterocycles. The number of hydrogen-bond acceptors (Lipinski definition) is 5. The first-order valence-electron chi connectivity index (χ1n) is 5.38. The predicted octanol–water partition coefficient (Wildman–Crippen LogP) is 1.87. The smallest absolute Gasteiger partial charge is 0.291 e. The van der Waals surface area contributed by atoms with Crippen molar-refractivity contribution in [2.75, 3.05) is 7.11 Å². The molecule has 1 N–H and O–H groups in total. The van der Waals surface area contributed by atoms with Crippen molar-refractivity contribution >= 4 is 5.69 Å². The second kappa shape index (κ2) is 5.58. The van der Waals surface area contributed by atoms with Crippen LogP contribution in [0.15, 0.2) is 12.1 Å². The molecule has 0 saturated heterocycles. The third-order valence-electron chi connectivity index (χ3n) is 2.71. The van der Waals surface area contributed by atoms with Gasteiger partial charge in [0.05, 0.1) is 18.1 Å². The fourth-order valence-corrected chi connectivity index (χ4v) is 1.59. The largest absolute Gasteiger partial charge is 0.481 e. The molecule has 0 amide bonds. The molecule has 0 fully saturated rings. The quantitative estimate of drug-likeness (QED) is 0.627. The molecule has 0 radical (unpaired) electrons. The number of nitro groups is 1. The summed E-state index contributed by atoms with van der Waals surface area (Å²) in [4.78, 5) is 14.4. The minimum atomic E-state index is -0.659. The Morgan fingerprint density at radius 1 is 1.59 bits per heavy atom. The molecule has 0 aliphatic rings. The minimum absolute atomic E-state index is 0.0919. The van der Waals surface area contributed by atoms with E-state index in [9.17, 15) is 15.2 Å². The van der Waals surface area contributed by atoms with E-state index in [-0.39, 0.29) is 11.4 Å². The normalized spacial score (nSPS) is 14.1. The van der Waals surface area contributed by atoms with Gasteiger partial charge in [0.2, 0.25) is 5.88 Å². The van der Waals surface area contributed by atoms with Crippen LogP contribution < -0.4 is 4.74 Å². The van der Waals surface area contributed by atoms with Crippen molar-refractivity contribution in [3.63, 3.8) is 0 Å². The van der Waals surface area contributed by atoms with Crippen LogP contribution in [-0.2, 0) is 0 Å². The summed E-state index contributed by atoms with van der Waals surface area (Å²) in [6, 6.07) is 2.78. The summed E-state index contributed by atoms with van der Waals surface area (Å²) >= 11 is 0. The van der Waals surface area contributed by atoms with E-state index in [1.54, 1.807) is 6.92 Å². The molecule has 1 heterocycles. The second-order valence-electron chi connectivity index (χ2n) is 3.78. The maximum Gasteiger partial charge on any atom is 0.291 e. The van der Waals surface area contributed by atoms with Crippen molar-refractivity contribution in [2.45, 2.75) is 32.3 Å². The zero-order chi connectivity index (χ0) is 13.0. The summed E-state index contributed by atoms with van der Waals surface area (Å²) in [6.07, 6.45) is -0.148. The molecule has 1 rings (SSSR count). The van der Waals surface area contributed by atoms with Crippen LogP contribution in [0, 0.1) is 10.1 Å². The lowest BCUT2D eigenvalue weighted by Gasteiger charge is -2.16. The standard InChI is InChI=1S/C11H16N2O4/c1-4-9(14)7(2)11-8(13(15)16)5-6-10(12-11)17-3/h5-7,9,14H,4H2,1-3H3. The van der Waals surface area contributed by atoms with Crippen LogP contribution >= 0.6 is 0 Å². The number of aliphatic hydroxyl groups is 1. The summed E-state index contributed by atoms with van der Waals surface area (Å²) in [7, 11) is 1.44. The lowest BCUT2D eigenvalue weighted by atomic mass is 9.97. The van der Waals surface area contributed by atoms with E-state index in [1.165, 1.54) is 19.2 Å². The van der Waals surface area contributed by atoms with E-state index >= 15 is 0 Å². The number of methoxy groups -OCH3 is 1. The van der Waals surface area contributed by atoms with Gasteiger partial charge in [-0.05, 0) is 6.42 Å². The maximum absolute atomic E-state index is 10.9. The monoisotopic (exact) mass is 240 g/mol. The van der Waals surface area contributed by atoms with E-state index < -0.39 is 16.9 Å². The Kier molecular flexibility index (Phi) is 4.39. The summed E-state index contributed by atoms with van der Waals surface area (Å²) in [5.41, 5.74) is 0.162. The molecule has 17 heavy (non-hydrogen) atoms. The van der Waals surface area contributed by atoms with Crippen LogP contribution in [0.3, 0.4) is 0 Å². The SMILES string of the molecule is CCC(O)C(C)c1nc(OC)ccc1[N+](=O)[O-]. The Bertz CT molecular complexity index is 408. The van der Waals surface area contributed by atoms with E-state index in [0.29, 0.717) is 12.3 Å². The Morgan fingerprint density at radius 3 is 2.71 bits per heavy atom. The first-order chi connectivity index (χ1) is 8.01. The topological polar surface area (TPSA) is 85.5 Å². The molecule has 0 spiro atoms. The molecule has 94 valence electrons. The molecular formula is C11H16N2O4. The molecular weight excluding hydrogens is 224 g/mol. The van der Waals surface area contributed by atoms with Crippen molar-refractivity contribution in [2.24, 2.45) is 0 Å². The van der Waals surface area contributed by atoms with Crippen LogP contribution in [-0.4, -0.2) is 28.2 Å². The van der Waals surface area contributed by atoms with Gasteiger partial charge in [0.15, 0.2) is 0 Å². The van der Waals surface area contributed by atoms with Crippen LogP contribution in [0.2, 0.25) is 0 Å². The Balaban J connectivity index is 3.21. The number of pyridine rings is 1. The summed E-state index contributed by atoms with van der Waals surface area (Å²) in [6.45, 7) is 3.52. The first-order valence-corrected chi connectivity index (χ1v) is 5.38. The zero-order valence-electron chi connectivity index (χ0n) is 10.1. The van der Waals surface area contributed by atoms with E-state index in [2.05, 4.69) is 4.98 Å². The second-order valence-corrected chi connectivity index (χ2v) is 3.78. The molecule has 0 saturated carbocycles. The van der Waals surface area contributed by atoms with E-state index in [4.69, 9.17) is 4.74 Å². The highest BCUT2D eigenvalue weighted by atomic mass is 16.6. The Labute approximate surface area is 99.4 Å². The van der Waals surface area contributed by atoms with Gasteiger partial charge < -0.3 is 9.84 Å². The third kappa shape index (κ3) is 2.91. The molecule has 1 aromatic rings. The number of aromatic nitrogens is 1. The van der Waals surface area contributed by atoms with Crippen molar-refractivity contribution in [1.82, 2.24) is 4.98 Å². The number of hydrogen-bond donors (Lipinski definition) is 1. The highest BCUT2D eigenvalue weighted by Gasteiger charge is 2.25. The van der Waals surface area contributed by atoms with Gasteiger partial charge in [-0.15, -0.1) is 0 Å². The zero-order valence-corrected chi connectivity index (χ0v) is 10.1. The van der Waals surface area contributed by atoms with E-state index in [0.717, 1.165) is 0 Å². The minimum Gasteiger partial charge on any atom is -0.481 e. The van der Waals surface area contributed by atoms with Crippen LogP contribution in [0.25, 0.3) is 0 Å². The number of aliphatic hydroxyl groups excluding tert-OH is 1. The van der Waals surface area contributed by atoms with Gasteiger partial charge in [0.25, 0.3) is 5.69 Å². The summed E-state index contributed by atoms with van der Waals surface area (Å²) in [5, 5.41) is 20.6. The highest BCUT2D eigenvalue weighted by Crippen LogP contribution is 2.29. The van der Waals surface area contributed by atoms with Crippen LogP contribution in [0.5, 0.6) is 5.88 Å². The van der Waals surface area contributed by atoms with Gasteiger partial charge in [0, 0.05) is 18.1 Å². The lowest BCUT2D eigenvalue weighted by Crippen LogP contribution is -2.17. The number of nitrogens with zero attached hydrogens (tertiary/aromatic N) is 2. The fourth-order valence-electron chi connectivity index (χ4n) is 1.59. The van der Waals surface area contributed by atoms with Crippen molar-refractivity contribution in [1.29, 1.82) is 0 Å². The highest BCUT2D eigenvalue weighted by molar-refractivity contribution is 5.40. The maximum atomic E-state index is 10.9. The molecule has 6 nitrogen and oxygen atoms in total. The summed E-state index contributed by atoms with van der Waals surface area (Å²) < 4.78 is 4.94. The Morgan fingerprint density at radius 2 is 2.24 bits per heavy atom. The first kappa shape index (κ1) is 13.4. The predicted molar refractivity (Wildman–Crippen MR) is 62.2 cm³/mol. The molecule has 0 aliphatic heterocycles. The van der Waals surface area contributed by atoms with Gasteiger partial charge in [-0.25, -0.2) is 4.98 Å². The van der Waals surface area contributed by atoms with Crippen LogP contribution in [0.4, 0.5) is 5.69 Å². The molecule has 6 heteroatoms. The number of rotatable bonds is 5. The molecule has 0 aliphatic carbocycles. The van der Waals surface area contributed by atoms with Crippen molar-refractivity contribution in [3.05, 3.63) is 27.9 Å². The molecule has 0 aromatic carbocycles. The molecule has 0 bridgehead atoms. The average molecular weight is 240 g/mol. The van der Waals surface area contributed by atoms with Gasteiger partial charge in [-0.2, -0.15) is 0 Å². The van der Waals surface area contributed by atoms with Gasteiger partial charge in [-0.3, -0.25) is 10.1 Å². The van der Waals surface area contributed by atoms with Crippen LogP contribution in [0.1, 0.15) is 31.9 Å². The Hall–Kier alpha value is -1.69. The molecule has 2 unspecified atom stereocenters. The fraction of sp³-hybridized carbons (Fsp3) is 0.545. The number of ether oxygens (including phenoxy) is 1. The van der Waals surface area contributed by atoms with Gasteiger partial charge in [0.1, 0.15) is 5.69 Å². The third-order valence-corrected chi connectivity index (χ3v) is 2.71. The van der Waals surface area contributed by atoms with Gasteiger partial charge in [-0.1, -0.05) is 13.8 Å². The van der Waals surface area contributed by atoms with E-state index in [1.807, 2.05) is 6.92 Å². The summed E-state index contributed by atoms with van der Waals surface area (Å²) in [5.74, 6) is -0.101. The average Bonchev–Trinajstić information content (AvgIpc) is 2.35. The van der Waals surface area contributed by atoms with Crippen molar-refractivity contribution in [3.8, 4) is 5.88 Å². The van der Waals surface area contributed by atoms with Gasteiger partial charge >= 0.3 is 0 Å².